The van der Waals surface area contributed by atoms with Gasteiger partial charge in [-0.05, 0) is 17.8 Å². The Bertz CT molecular complexity index is 260. The molecule has 0 aromatic carbocycles. The first-order valence-corrected chi connectivity index (χ1v) is 4.75. The van der Waals surface area contributed by atoms with E-state index < -0.39 is 0 Å². The van der Waals surface area contributed by atoms with Gasteiger partial charge in [0.05, 0.1) is 13.0 Å². The Hall–Kier alpha value is -1.06. The molecule has 0 aliphatic heterocycles. The maximum atomic E-state index is 11.3. The van der Waals surface area contributed by atoms with Crippen molar-refractivity contribution in [3.8, 4) is 0 Å². The number of hydrogen-bond donors (Lipinski definition) is 1. The number of ether oxygens (including phenoxy) is 1. The molecular formula is C10H17NO3. The summed E-state index contributed by atoms with van der Waals surface area (Å²) in [5, 5.41) is 0. The number of hydrogen-bond acceptors (Lipinski definition) is 3. The van der Waals surface area contributed by atoms with Crippen molar-refractivity contribution in [1.82, 2.24) is 0 Å². The van der Waals surface area contributed by atoms with Crippen molar-refractivity contribution in [3.63, 3.8) is 0 Å². The third-order valence-electron chi connectivity index (χ3n) is 3.40. The van der Waals surface area contributed by atoms with E-state index in [0.29, 0.717) is 12.8 Å². The van der Waals surface area contributed by atoms with E-state index in [4.69, 9.17) is 5.73 Å². The van der Waals surface area contributed by atoms with Gasteiger partial charge in [-0.25, -0.2) is 0 Å². The molecule has 2 unspecified atom stereocenters. The van der Waals surface area contributed by atoms with Crippen molar-refractivity contribution in [2.24, 2.45) is 23.0 Å². The third-order valence-corrected chi connectivity index (χ3v) is 3.40. The van der Waals surface area contributed by atoms with E-state index in [1.807, 2.05) is 13.8 Å². The van der Waals surface area contributed by atoms with Crippen LogP contribution in [0.15, 0.2) is 0 Å². The Kier molecular flexibility index (Phi) is 2.83. The molecule has 1 aliphatic rings. The van der Waals surface area contributed by atoms with Crippen LogP contribution in [-0.2, 0) is 14.3 Å². The number of nitrogens with two attached hydrogens (primary N) is 1. The summed E-state index contributed by atoms with van der Waals surface area (Å²) in [6.45, 7) is 3.96. The highest BCUT2D eigenvalue weighted by molar-refractivity contribution is 5.77. The highest BCUT2D eigenvalue weighted by atomic mass is 16.5. The number of amides is 1. The molecule has 1 fully saturated rings. The molecule has 80 valence electrons. The van der Waals surface area contributed by atoms with Gasteiger partial charge < -0.3 is 10.5 Å². The largest absolute Gasteiger partial charge is 0.469 e. The minimum absolute atomic E-state index is 0.0863. The van der Waals surface area contributed by atoms with E-state index in [1.165, 1.54) is 7.11 Å². The lowest BCUT2D eigenvalue weighted by Gasteiger charge is -2.50. The van der Waals surface area contributed by atoms with Crippen LogP contribution < -0.4 is 5.73 Å². The van der Waals surface area contributed by atoms with Gasteiger partial charge >= 0.3 is 5.97 Å². The number of methoxy groups -OCH3 is 1. The first kappa shape index (κ1) is 11.0. The van der Waals surface area contributed by atoms with Gasteiger partial charge in [0.1, 0.15) is 0 Å². The molecule has 0 spiro atoms. The first-order valence-electron chi connectivity index (χ1n) is 4.75. The number of carbonyl (C=O) groups is 2. The predicted octanol–water partition coefficient (Wildman–Crippen LogP) is 0.697. The molecule has 14 heavy (non-hydrogen) atoms. The van der Waals surface area contributed by atoms with Gasteiger partial charge in [0, 0.05) is 6.42 Å². The molecule has 4 heteroatoms. The summed E-state index contributed by atoms with van der Waals surface area (Å²) in [5.41, 5.74) is 4.96. The van der Waals surface area contributed by atoms with Gasteiger partial charge in [0.2, 0.25) is 5.91 Å². The van der Waals surface area contributed by atoms with Gasteiger partial charge in [0.25, 0.3) is 0 Å². The average Bonchev–Trinajstić information content (AvgIpc) is 2.10. The lowest BCUT2D eigenvalue weighted by atomic mass is 9.54. The van der Waals surface area contributed by atoms with Gasteiger partial charge in [0.15, 0.2) is 0 Å². The van der Waals surface area contributed by atoms with Crippen LogP contribution in [0.25, 0.3) is 0 Å². The molecule has 1 aliphatic carbocycles. The summed E-state index contributed by atoms with van der Waals surface area (Å²) in [5.74, 6) is -0.358. The highest BCUT2D eigenvalue weighted by Gasteiger charge is 2.52. The van der Waals surface area contributed by atoms with E-state index in [0.717, 1.165) is 0 Å². The van der Waals surface area contributed by atoms with E-state index in [-0.39, 0.29) is 29.1 Å². The summed E-state index contributed by atoms with van der Waals surface area (Å²) in [4.78, 5) is 22.0. The molecule has 0 radical (unpaired) electrons. The van der Waals surface area contributed by atoms with Crippen LogP contribution >= 0.6 is 0 Å². The summed E-state index contributed by atoms with van der Waals surface area (Å²) >= 11 is 0. The van der Waals surface area contributed by atoms with Crippen molar-refractivity contribution >= 4 is 11.9 Å². The Morgan fingerprint density at radius 1 is 1.50 bits per heavy atom. The van der Waals surface area contributed by atoms with Crippen LogP contribution in [0.1, 0.15) is 26.7 Å². The number of primary amides is 1. The molecule has 0 heterocycles. The molecule has 0 aromatic heterocycles. The Labute approximate surface area is 83.8 Å². The summed E-state index contributed by atoms with van der Waals surface area (Å²) in [6.07, 6.45) is 1.07. The fourth-order valence-corrected chi connectivity index (χ4v) is 2.15. The zero-order valence-corrected chi connectivity index (χ0v) is 8.87. The minimum atomic E-state index is -0.300. The second-order valence-electron chi connectivity index (χ2n) is 4.50. The van der Waals surface area contributed by atoms with Gasteiger partial charge in [-0.1, -0.05) is 13.8 Å². The molecule has 0 bridgehead atoms. The molecule has 1 saturated carbocycles. The van der Waals surface area contributed by atoms with E-state index in [9.17, 15) is 9.59 Å². The second-order valence-corrected chi connectivity index (χ2v) is 4.50. The van der Waals surface area contributed by atoms with Gasteiger partial charge in [-0.15, -0.1) is 0 Å². The predicted molar refractivity (Wildman–Crippen MR) is 51.2 cm³/mol. The van der Waals surface area contributed by atoms with Gasteiger partial charge in [-0.2, -0.15) is 0 Å². The van der Waals surface area contributed by atoms with Crippen LogP contribution in [0.4, 0.5) is 0 Å². The Morgan fingerprint density at radius 2 is 2.07 bits per heavy atom. The monoisotopic (exact) mass is 199 g/mol. The molecule has 1 amide bonds. The number of carbonyl (C=O) groups excluding carboxylic acids is 2. The maximum absolute atomic E-state index is 11.3. The topological polar surface area (TPSA) is 69.4 Å². The molecule has 1 rings (SSSR count). The van der Waals surface area contributed by atoms with Crippen molar-refractivity contribution in [2.45, 2.75) is 26.7 Å². The van der Waals surface area contributed by atoms with Crippen molar-refractivity contribution in [1.29, 1.82) is 0 Å². The van der Waals surface area contributed by atoms with Crippen LogP contribution in [0, 0.1) is 17.3 Å². The Morgan fingerprint density at radius 3 is 2.43 bits per heavy atom. The van der Waals surface area contributed by atoms with E-state index in [2.05, 4.69) is 4.74 Å². The average molecular weight is 199 g/mol. The fourth-order valence-electron chi connectivity index (χ4n) is 2.15. The van der Waals surface area contributed by atoms with Crippen molar-refractivity contribution in [2.75, 3.05) is 7.11 Å². The fraction of sp³-hybridized carbons (Fsp3) is 0.800. The number of rotatable bonds is 3. The summed E-state index contributed by atoms with van der Waals surface area (Å²) < 4.78 is 4.69. The summed E-state index contributed by atoms with van der Waals surface area (Å²) in [6, 6.07) is 0. The van der Waals surface area contributed by atoms with E-state index in [1.54, 1.807) is 0 Å². The van der Waals surface area contributed by atoms with Crippen molar-refractivity contribution in [3.05, 3.63) is 0 Å². The molecule has 2 atom stereocenters. The molecule has 0 saturated heterocycles. The third kappa shape index (κ3) is 1.74. The van der Waals surface area contributed by atoms with Crippen LogP contribution in [-0.4, -0.2) is 19.0 Å². The lowest BCUT2D eigenvalue weighted by Crippen LogP contribution is -2.50. The second kappa shape index (κ2) is 3.59. The Balaban J connectivity index is 2.58. The zero-order chi connectivity index (χ0) is 10.9. The first-order chi connectivity index (χ1) is 6.39. The zero-order valence-electron chi connectivity index (χ0n) is 8.87. The van der Waals surface area contributed by atoms with Crippen LogP contribution in [0.3, 0.4) is 0 Å². The van der Waals surface area contributed by atoms with Gasteiger partial charge in [-0.3, -0.25) is 9.59 Å². The van der Waals surface area contributed by atoms with Crippen LogP contribution in [0.5, 0.6) is 0 Å². The highest BCUT2D eigenvalue weighted by Crippen LogP contribution is 2.53. The van der Waals surface area contributed by atoms with Crippen molar-refractivity contribution < 1.29 is 14.3 Å². The smallest absolute Gasteiger partial charge is 0.309 e. The minimum Gasteiger partial charge on any atom is -0.469 e. The van der Waals surface area contributed by atoms with E-state index >= 15 is 0 Å². The molecular weight excluding hydrogens is 182 g/mol. The summed E-state index contributed by atoms with van der Waals surface area (Å²) in [7, 11) is 1.39. The molecule has 4 nitrogen and oxygen atoms in total. The number of esters is 1. The standard InChI is InChI=1S/C10H17NO3/c1-10(2)6(5-8(11)12)4-7(10)9(13)14-3/h6-7H,4-5H2,1-3H3,(H2,11,12). The van der Waals surface area contributed by atoms with Crippen LogP contribution in [0.2, 0.25) is 0 Å². The lowest BCUT2D eigenvalue weighted by molar-refractivity contribution is -0.164. The SMILES string of the molecule is COC(=O)C1CC(CC(N)=O)C1(C)C. The normalized spacial score (nSPS) is 29.1. The molecule has 2 N–H and O–H groups in total. The molecule has 0 aromatic rings. The quantitative estimate of drug-likeness (QED) is 0.680. The maximum Gasteiger partial charge on any atom is 0.309 e.